The minimum absolute atomic E-state index is 0.176. The number of para-hydroxylation sites is 1. The third kappa shape index (κ3) is 6.46. The number of benzene rings is 3. The molecule has 0 fully saturated rings. The monoisotopic (exact) mass is 422 g/mol. The lowest BCUT2D eigenvalue weighted by atomic mass is 10.2. The van der Waals surface area contributed by atoms with Crippen molar-refractivity contribution in [1.82, 2.24) is 5.32 Å². The van der Waals surface area contributed by atoms with Crippen molar-refractivity contribution in [2.24, 2.45) is 0 Å². The summed E-state index contributed by atoms with van der Waals surface area (Å²) in [4.78, 5) is 26.4. The fourth-order valence-electron chi connectivity index (χ4n) is 2.81. The Kier molecular flexibility index (Phi) is 7.42. The topological polar surface area (TPSA) is 82.7 Å². The van der Waals surface area contributed by atoms with Gasteiger partial charge in [-0.1, -0.05) is 18.2 Å². The molecule has 0 aliphatic heterocycles. The third-order valence-corrected chi connectivity index (χ3v) is 4.38. The molecule has 4 amide bonds. The van der Waals surface area contributed by atoms with E-state index in [2.05, 4.69) is 16.0 Å². The van der Waals surface area contributed by atoms with Gasteiger partial charge in [-0.3, -0.25) is 4.90 Å². The van der Waals surface area contributed by atoms with Crippen LogP contribution in [-0.2, 0) is 0 Å². The summed E-state index contributed by atoms with van der Waals surface area (Å²) in [5.74, 6) is 0.265. The minimum Gasteiger partial charge on any atom is -0.497 e. The highest BCUT2D eigenvalue weighted by molar-refractivity contribution is 6.01. The van der Waals surface area contributed by atoms with Crippen LogP contribution in [0.2, 0.25) is 0 Å². The molecule has 31 heavy (non-hydrogen) atoms. The van der Waals surface area contributed by atoms with Crippen molar-refractivity contribution in [2.75, 3.05) is 35.7 Å². The normalized spacial score (nSPS) is 10.1. The summed E-state index contributed by atoms with van der Waals surface area (Å²) in [6, 6.07) is 20.7. The fraction of sp³-hybridized carbons (Fsp3) is 0.130. The maximum absolute atomic E-state index is 13.3. The Morgan fingerprint density at radius 2 is 1.52 bits per heavy atom. The van der Waals surface area contributed by atoms with Crippen LogP contribution in [0.3, 0.4) is 0 Å². The predicted molar refractivity (Wildman–Crippen MR) is 119 cm³/mol. The number of anilines is 3. The van der Waals surface area contributed by atoms with Gasteiger partial charge in [-0.05, 0) is 60.7 Å². The van der Waals surface area contributed by atoms with E-state index >= 15 is 0 Å². The van der Waals surface area contributed by atoms with Crippen molar-refractivity contribution < 1.29 is 18.7 Å². The lowest BCUT2D eigenvalue weighted by molar-refractivity contribution is 0.250. The van der Waals surface area contributed by atoms with E-state index in [1.54, 1.807) is 43.5 Å². The summed E-state index contributed by atoms with van der Waals surface area (Å²) in [5, 5.41) is 8.22. The average molecular weight is 422 g/mol. The maximum Gasteiger partial charge on any atom is 0.326 e. The largest absolute Gasteiger partial charge is 0.497 e. The number of nitrogens with zero attached hydrogens (tertiary/aromatic N) is 1. The molecule has 0 unspecified atom stereocenters. The second kappa shape index (κ2) is 10.6. The van der Waals surface area contributed by atoms with Gasteiger partial charge < -0.3 is 20.7 Å². The summed E-state index contributed by atoms with van der Waals surface area (Å²) >= 11 is 0. The van der Waals surface area contributed by atoms with E-state index in [1.807, 2.05) is 18.2 Å². The van der Waals surface area contributed by atoms with Gasteiger partial charge in [-0.2, -0.15) is 0 Å². The van der Waals surface area contributed by atoms with Crippen molar-refractivity contribution in [1.29, 1.82) is 0 Å². The predicted octanol–water partition coefficient (Wildman–Crippen LogP) is 4.69. The quantitative estimate of drug-likeness (QED) is 0.516. The van der Waals surface area contributed by atoms with Crippen LogP contribution < -0.4 is 25.6 Å². The van der Waals surface area contributed by atoms with Crippen LogP contribution in [0.4, 0.5) is 31.0 Å². The van der Waals surface area contributed by atoms with Gasteiger partial charge in [0, 0.05) is 30.2 Å². The van der Waals surface area contributed by atoms with E-state index in [9.17, 15) is 14.0 Å². The molecule has 0 bridgehead atoms. The van der Waals surface area contributed by atoms with Gasteiger partial charge in [0.15, 0.2) is 0 Å². The lowest BCUT2D eigenvalue weighted by Crippen LogP contribution is -2.42. The van der Waals surface area contributed by atoms with E-state index in [-0.39, 0.29) is 19.1 Å². The number of rotatable bonds is 7. The Morgan fingerprint density at radius 1 is 0.871 bits per heavy atom. The number of urea groups is 2. The second-order valence-electron chi connectivity index (χ2n) is 6.53. The van der Waals surface area contributed by atoms with Gasteiger partial charge in [0.2, 0.25) is 0 Å². The van der Waals surface area contributed by atoms with Crippen molar-refractivity contribution in [3.8, 4) is 5.75 Å². The molecule has 3 aromatic carbocycles. The smallest absolute Gasteiger partial charge is 0.326 e. The van der Waals surface area contributed by atoms with Crippen LogP contribution in [-0.4, -0.2) is 32.3 Å². The Morgan fingerprint density at radius 3 is 2.16 bits per heavy atom. The summed E-state index contributed by atoms with van der Waals surface area (Å²) in [6.07, 6.45) is 0. The fourth-order valence-corrected chi connectivity index (χ4v) is 2.81. The summed E-state index contributed by atoms with van der Waals surface area (Å²) in [5.41, 5.74) is 1.73. The van der Waals surface area contributed by atoms with Crippen molar-refractivity contribution >= 4 is 29.1 Å². The molecule has 3 aromatic rings. The number of hydrogen-bond acceptors (Lipinski definition) is 3. The molecule has 0 aromatic heterocycles. The number of methoxy groups -OCH3 is 1. The first-order chi connectivity index (χ1) is 15.0. The van der Waals surface area contributed by atoms with Gasteiger partial charge in [0.05, 0.1) is 7.11 Å². The molecule has 0 saturated heterocycles. The summed E-state index contributed by atoms with van der Waals surface area (Å²) < 4.78 is 18.5. The Labute approximate surface area is 179 Å². The van der Waals surface area contributed by atoms with Gasteiger partial charge in [0.25, 0.3) is 0 Å². The van der Waals surface area contributed by atoms with Crippen LogP contribution in [0.5, 0.6) is 5.75 Å². The van der Waals surface area contributed by atoms with Crippen molar-refractivity contribution in [3.63, 3.8) is 0 Å². The van der Waals surface area contributed by atoms with Gasteiger partial charge in [0.1, 0.15) is 11.6 Å². The number of carbonyl (C=O) groups excluding carboxylic acids is 2. The summed E-state index contributed by atoms with van der Waals surface area (Å²) in [6.45, 7) is 0.363. The number of nitrogens with one attached hydrogen (secondary N) is 3. The molecule has 7 nitrogen and oxygen atoms in total. The highest BCUT2D eigenvalue weighted by Gasteiger charge is 2.16. The van der Waals surface area contributed by atoms with E-state index < -0.39 is 11.8 Å². The third-order valence-electron chi connectivity index (χ3n) is 4.38. The zero-order chi connectivity index (χ0) is 22.1. The highest BCUT2D eigenvalue weighted by Crippen LogP contribution is 2.19. The number of carbonyl (C=O) groups is 2. The number of ether oxygens (including phenoxy) is 1. The standard InChI is InChI=1S/C23H23FN4O3/c1-31-21-13-9-19(10-14-21)27-23(30)28(20-11-7-17(24)8-12-20)16-15-25-22(29)26-18-5-3-2-4-6-18/h2-14H,15-16H2,1H3,(H,27,30)(H2,25,26,29). The first-order valence-corrected chi connectivity index (χ1v) is 9.63. The molecule has 0 heterocycles. The van der Waals surface area contributed by atoms with E-state index in [4.69, 9.17) is 4.74 Å². The molecule has 160 valence electrons. The molecule has 0 saturated carbocycles. The zero-order valence-electron chi connectivity index (χ0n) is 17.0. The SMILES string of the molecule is COc1ccc(NC(=O)N(CCNC(=O)Nc2ccccc2)c2ccc(F)cc2)cc1. The maximum atomic E-state index is 13.3. The minimum atomic E-state index is -0.415. The van der Waals surface area contributed by atoms with E-state index in [0.717, 1.165) is 0 Å². The molecular formula is C23H23FN4O3. The molecule has 3 N–H and O–H groups in total. The van der Waals surface area contributed by atoms with Gasteiger partial charge >= 0.3 is 12.1 Å². The van der Waals surface area contributed by atoms with Crippen LogP contribution in [0.15, 0.2) is 78.9 Å². The number of amides is 4. The molecule has 0 aliphatic carbocycles. The molecule has 0 radical (unpaired) electrons. The van der Waals surface area contributed by atoms with E-state index in [1.165, 1.54) is 29.2 Å². The molecule has 0 atom stereocenters. The van der Waals surface area contributed by atoms with Crippen LogP contribution in [0, 0.1) is 5.82 Å². The Hall–Kier alpha value is -4.07. The van der Waals surface area contributed by atoms with Gasteiger partial charge in [-0.25, -0.2) is 14.0 Å². The number of hydrogen-bond donors (Lipinski definition) is 3. The first-order valence-electron chi connectivity index (χ1n) is 9.63. The highest BCUT2D eigenvalue weighted by atomic mass is 19.1. The summed E-state index contributed by atoms with van der Waals surface area (Å²) in [7, 11) is 1.56. The van der Waals surface area contributed by atoms with Crippen LogP contribution in [0.25, 0.3) is 0 Å². The molecule has 0 spiro atoms. The molecule has 0 aliphatic rings. The molecule has 8 heteroatoms. The van der Waals surface area contributed by atoms with E-state index in [0.29, 0.717) is 22.8 Å². The van der Waals surface area contributed by atoms with Gasteiger partial charge in [-0.15, -0.1) is 0 Å². The van der Waals surface area contributed by atoms with Crippen LogP contribution >= 0.6 is 0 Å². The second-order valence-corrected chi connectivity index (χ2v) is 6.53. The van der Waals surface area contributed by atoms with Crippen molar-refractivity contribution in [2.45, 2.75) is 0 Å². The Balaban J connectivity index is 1.63. The van der Waals surface area contributed by atoms with Crippen LogP contribution in [0.1, 0.15) is 0 Å². The zero-order valence-corrected chi connectivity index (χ0v) is 17.0. The molecule has 3 rings (SSSR count). The average Bonchev–Trinajstić information content (AvgIpc) is 2.78. The Bertz CT molecular complexity index is 996. The lowest BCUT2D eigenvalue weighted by Gasteiger charge is -2.23. The molecular weight excluding hydrogens is 399 g/mol. The number of halogens is 1. The van der Waals surface area contributed by atoms with Crippen molar-refractivity contribution in [3.05, 3.63) is 84.7 Å². The first kappa shape index (κ1) is 21.6.